The van der Waals surface area contributed by atoms with E-state index < -0.39 is 4.92 Å². The van der Waals surface area contributed by atoms with E-state index in [1.54, 1.807) is 12.1 Å². The van der Waals surface area contributed by atoms with Crippen LogP contribution in [-0.2, 0) is 4.74 Å². The second-order valence-corrected chi connectivity index (χ2v) is 6.16. The first-order valence-corrected chi connectivity index (χ1v) is 8.01. The van der Waals surface area contributed by atoms with Gasteiger partial charge in [-0.3, -0.25) is 10.1 Å². The highest BCUT2D eigenvalue weighted by Gasteiger charge is 2.16. The maximum Gasteiger partial charge on any atom is 0.269 e. The van der Waals surface area contributed by atoms with Crippen LogP contribution >= 0.6 is 0 Å². The van der Waals surface area contributed by atoms with Crippen molar-refractivity contribution in [2.24, 2.45) is 0 Å². The Morgan fingerprint density at radius 3 is 2.52 bits per heavy atom. The van der Waals surface area contributed by atoms with E-state index in [2.05, 4.69) is 26.8 Å². The molecule has 0 aliphatic carbocycles. The van der Waals surface area contributed by atoms with E-state index in [0.29, 0.717) is 12.4 Å². The van der Waals surface area contributed by atoms with Gasteiger partial charge in [0.1, 0.15) is 12.4 Å². The number of nitro groups is 1. The number of benzene rings is 1. The van der Waals surface area contributed by atoms with Crippen molar-refractivity contribution in [1.29, 1.82) is 0 Å². The van der Waals surface area contributed by atoms with Crippen LogP contribution < -0.4 is 4.74 Å². The van der Waals surface area contributed by atoms with Crippen LogP contribution in [0.2, 0.25) is 0 Å². The van der Waals surface area contributed by atoms with Gasteiger partial charge < -0.3 is 9.47 Å². The van der Waals surface area contributed by atoms with Crippen molar-refractivity contribution in [3.8, 4) is 5.75 Å². The molecule has 1 aromatic rings. The van der Waals surface area contributed by atoms with Crippen molar-refractivity contribution in [2.75, 3.05) is 13.2 Å². The van der Waals surface area contributed by atoms with Crippen LogP contribution in [-0.4, -0.2) is 23.7 Å². The zero-order valence-corrected chi connectivity index (χ0v) is 14.5. The number of rotatable bonds is 10. The number of hydrogen-bond acceptors (Lipinski definition) is 4. The lowest BCUT2D eigenvalue weighted by Crippen LogP contribution is -2.24. The molecule has 1 aromatic carbocycles. The van der Waals surface area contributed by atoms with E-state index in [0.717, 1.165) is 25.9 Å². The fraction of sp³-hybridized carbons (Fsp3) is 0.556. The van der Waals surface area contributed by atoms with Crippen molar-refractivity contribution in [3.63, 3.8) is 0 Å². The minimum Gasteiger partial charge on any atom is -0.490 e. The quantitative estimate of drug-likeness (QED) is 0.349. The molecule has 0 bridgehead atoms. The Morgan fingerprint density at radius 1 is 1.30 bits per heavy atom. The van der Waals surface area contributed by atoms with Crippen molar-refractivity contribution in [2.45, 2.75) is 52.6 Å². The molecule has 0 radical (unpaired) electrons. The number of nitrogens with zero attached hydrogens (tertiary/aromatic N) is 1. The molecule has 0 N–H and O–H groups in total. The molecule has 0 saturated heterocycles. The van der Waals surface area contributed by atoms with Crippen LogP contribution in [0.3, 0.4) is 0 Å². The van der Waals surface area contributed by atoms with Gasteiger partial charge >= 0.3 is 0 Å². The molecule has 0 aliphatic heterocycles. The summed E-state index contributed by atoms with van der Waals surface area (Å²) < 4.78 is 11.3. The van der Waals surface area contributed by atoms with Gasteiger partial charge in [0.05, 0.1) is 10.5 Å². The maximum absolute atomic E-state index is 10.6. The molecule has 0 unspecified atom stereocenters. The van der Waals surface area contributed by atoms with Gasteiger partial charge in [-0.25, -0.2) is 0 Å². The summed E-state index contributed by atoms with van der Waals surface area (Å²) in [6, 6.07) is 6.13. The number of hydrogen-bond donors (Lipinski definition) is 0. The first kappa shape index (κ1) is 19.2. The van der Waals surface area contributed by atoms with Crippen LogP contribution in [0.4, 0.5) is 5.69 Å². The largest absolute Gasteiger partial charge is 0.490 e. The number of nitro benzene ring substituents is 1. The molecule has 0 saturated carbocycles. The number of non-ortho nitro benzene ring substituents is 1. The summed E-state index contributed by atoms with van der Waals surface area (Å²) in [5, 5.41) is 10.6. The van der Waals surface area contributed by atoms with Crippen molar-refractivity contribution < 1.29 is 14.4 Å². The SMILES string of the molecule is CCOC(C)(C)CCCC(C)=CCOc1ccc([N+](=O)[O-])cc1. The molecule has 128 valence electrons. The summed E-state index contributed by atoms with van der Waals surface area (Å²) in [5.41, 5.74) is 1.28. The summed E-state index contributed by atoms with van der Waals surface area (Å²) in [6.07, 6.45) is 5.16. The normalized spacial score (nSPS) is 12.3. The van der Waals surface area contributed by atoms with Gasteiger partial charge in [0.2, 0.25) is 0 Å². The standard InChI is InChI=1S/C18H27NO4/c1-5-23-18(3,4)13-6-7-15(2)12-14-22-17-10-8-16(9-11-17)19(20)21/h8-12H,5-7,13-14H2,1-4H3. The topological polar surface area (TPSA) is 61.6 Å². The summed E-state index contributed by atoms with van der Waals surface area (Å²) in [7, 11) is 0. The van der Waals surface area contributed by atoms with Gasteiger partial charge in [-0.15, -0.1) is 0 Å². The fourth-order valence-corrected chi connectivity index (χ4v) is 2.30. The van der Waals surface area contributed by atoms with Gasteiger partial charge in [-0.2, -0.15) is 0 Å². The monoisotopic (exact) mass is 321 g/mol. The summed E-state index contributed by atoms with van der Waals surface area (Å²) in [6.45, 7) is 9.55. The van der Waals surface area contributed by atoms with Crippen LogP contribution in [0.25, 0.3) is 0 Å². The number of allylic oxidation sites excluding steroid dienone is 1. The van der Waals surface area contributed by atoms with Crippen molar-refractivity contribution in [1.82, 2.24) is 0 Å². The van der Waals surface area contributed by atoms with E-state index in [-0.39, 0.29) is 11.3 Å². The third-order valence-corrected chi connectivity index (χ3v) is 3.61. The highest BCUT2D eigenvalue weighted by molar-refractivity contribution is 5.36. The third kappa shape index (κ3) is 7.79. The smallest absolute Gasteiger partial charge is 0.269 e. The Kier molecular flexibility index (Phi) is 7.75. The highest BCUT2D eigenvalue weighted by Crippen LogP contribution is 2.20. The van der Waals surface area contributed by atoms with Crippen LogP contribution in [0, 0.1) is 10.1 Å². The molecule has 5 heteroatoms. The first-order chi connectivity index (χ1) is 10.8. The maximum atomic E-state index is 10.6. The van der Waals surface area contributed by atoms with Gasteiger partial charge in [-0.1, -0.05) is 5.57 Å². The summed E-state index contributed by atoms with van der Waals surface area (Å²) in [5.74, 6) is 0.636. The van der Waals surface area contributed by atoms with Crippen molar-refractivity contribution in [3.05, 3.63) is 46.0 Å². The predicted octanol–water partition coefficient (Wildman–Crippen LogP) is 4.91. The zero-order valence-electron chi connectivity index (χ0n) is 14.5. The molecule has 0 amide bonds. The first-order valence-electron chi connectivity index (χ1n) is 8.01. The van der Waals surface area contributed by atoms with Gasteiger partial charge in [0, 0.05) is 18.7 Å². The minimum atomic E-state index is -0.419. The minimum absolute atomic E-state index is 0.0652. The van der Waals surface area contributed by atoms with Crippen molar-refractivity contribution >= 4 is 5.69 Å². The Labute approximate surface area is 138 Å². The Balaban J connectivity index is 2.32. The lowest BCUT2D eigenvalue weighted by molar-refractivity contribution is -0.384. The molecule has 0 spiro atoms. The summed E-state index contributed by atoms with van der Waals surface area (Å²) in [4.78, 5) is 10.2. The summed E-state index contributed by atoms with van der Waals surface area (Å²) >= 11 is 0. The van der Waals surface area contributed by atoms with Gasteiger partial charge in [0.15, 0.2) is 0 Å². The Hall–Kier alpha value is -1.88. The van der Waals surface area contributed by atoms with Crippen LogP contribution in [0.15, 0.2) is 35.9 Å². The second-order valence-electron chi connectivity index (χ2n) is 6.16. The van der Waals surface area contributed by atoms with Gasteiger partial charge in [-0.05, 0) is 65.2 Å². The molecule has 1 rings (SSSR count). The molecule has 0 heterocycles. The molecular weight excluding hydrogens is 294 g/mol. The average molecular weight is 321 g/mol. The number of ether oxygens (including phenoxy) is 2. The van der Waals surface area contributed by atoms with Gasteiger partial charge in [0.25, 0.3) is 5.69 Å². The van der Waals surface area contributed by atoms with E-state index in [9.17, 15) is 10.1 Å². The second kappa shape index (κ2) is 9.30. The lowest BCUT2D eigenvalue weighted by Gasteiger charge is -2.24. The Bertz CT molecular complexity index is 520. The predicted molar refractivity (Wildman–Crippen MR) is 91.9 cm³/mol. The fourth-order valence-electron chi connectivity index (χ4n) is 2.30. The molecular formula is C18H27NO4. The average Bonchev–Trinajstić information content (AvgIpc) is 2.47. The van der Waals surface area contributed by atoms with E-state index >= 15 is 0 Å². The molecule has 0 aromatic heterocycles. The highest BCUT2D eigenvalue weighted by atomic mass is 16.6. The molecule has 0 fully saturated rings. The lowest BCUT2D eigenvalue weighted by atomic mass is 9.99. The van der Waals surface area contributed by atoms with E-state index in [4.69, 9.17) is 9.47 Å². The zero-order chi connectivity index (χ0) is 17.3. The van der Waals surface area contributed by atoms with Crippen LogP contribution in [0.5, 0.6) is 5.75 Å². The molecule has 0 atom stereocenters. The molecule has 0 aliphatic rings. The van der Waals surface area contributed by atoms with E-state index in [1.807, 2.05) is 6.92 Å². The Morgan fingerprint density at radius 2 is 1.96 bits per heavy atom. The molecule has 23 heavy (non-hydrogen) atoms. The molecule has 5 nitrogen and oxygen atoms in total. The van der Waals surface area contributed by atoms with E-state index in [1.165, 1.54) is 17.7 Å². The third-order valence-electron chi connectivity index (χ3n) is 3.61. The van der Waals surface area contributed by atoms with Crippen LogP contribution in [0.1, 0.15) is 47.0 Å².